The number of phenols is 1. The average molecular weight is 177 g/mol. The first-order valence-electron chi connectivity index (χ1n) is 4.70. The van der Waals surface area contributed by atoms with E-state index in [4.69, 9.17) is 0 Å². The number of aryl methyl sites for hydroxylation is 2. The van der Waals surface area contributed by atoms with Gasteiger partial charge in [-0.2, -0.15) is 0 Å². The highest BCUT2D eigenvalue weighted by atomic mass is 16.3. The van der Waals surface area contributed by atoms with Crippen molar-refractivity contribution >= 4 is 0 Å². The summed E-state index contributed by atoms with van der Waals surface area (Å²) in [5, 5.41) is 13.1. The molecule has 1 aromatic carbocycles. The van der Waals surface area contributed by atoms with Crippen molar-refractivity contribution in [3.05, 3.63) is 28.8 Å². The van der Waals surface area contributed by atoms with Crippen molar-refractivity contribution in [2.75, 3.05) is 13.1 Å². The standard InChI is InChI=1S/C11H15NO/c1-7-3-4-8(2)11(13)10(7)9-5-12-6-9/h3-4,9,12-13H,5-6H2,1-2H3. The second-order valence-corrected chi connectivity index (χ2v) is 3.82. The molecule has 1 heterocycles. The lowest BCUT2D eigenvalue weighted by molar-refractivity contribution is 0.410. The van der Waals surface area contributed by atoms with Crippen molar-refractivity contribution in [2.45, 2.75) is 19.8 Å². The van der Waals surface area contributed by atoms with E-state index in [9.17, 15) is 5.11 Å². The summed E-state index contributed by atoms with van der Waals surface area (Å²) in [7, 11) is 0. The summed E-state index contributed by atoms with van der Waals surface area (Å²) in [6.45, 7) is 6.01. The number of hydrogen-bond donors (Lipinski definition) is 2. The Hall–Kier alpha value is -1.02. The van der Waals surface area contributed by atoms with Crippen LogP contribution in [0.4, 0.5) is 0 Å². The molecule has 1 aromatic rings. The molecule has 0 aliphatic carbocycles. The van der Waals surface area contributed by atoms with Crippen LogP contribution in [0.5, 0.6) is 5.75 Å². The fourth-order valence-electron chi connectivity index (χ4n) is 1.83. The van der Waals surface area contributed by atoms with Gasteiger partial charge in [-0.05, 0) is 25.0 Å². The van der Waals surface area contributed by atoms with Gasteiger partial charge in [0, 0.05) is 24.6 Å². The Morgan fingerprint density at radius 1 is 1.23 bits per heavy atom. The Morgan fingerprint density at radius 3 is 2.38 bits per heavy atom. The van der Waals surface area contributed by atoms with Crippen molar-refractivity contribution in [3.8, 4) is 5.75 Å². The number of hydrogen-bond acceptors (Lipinski definition) is 2. The van der Waals surface area contributed by atoms with Crippen LogP contribution in [0.15, 0.2) is 12.1 Å². The van der Waals surface area contributed by atoms with Crippen LogP contribution in [-0.4, -0.2) is 18.2 Å². The molecule has 0 aromatic heterocycles. The van der Waals surface area contributed by atoms with E-state index in [2.05, 4.69) is 18.3 Å². The normalized spacial score (nSPS) is 17.1. The lowest BCUT2D eigenvalue weighted by Crippen LogP contribution is -2.40. The summed E-state index contributed by atoms with van der Waals surface area (Å²) >= 11 is 0. The van der Waals surface area contributed by atoms with Gasteiger partial charge in [-0.3, -0.25) is 0 Å². The molecule has 0 unspecified atom stereocenters. The highest BCUT2D eigenvalue weighted by molar-refractivity contribution is 5.47. The molecule has 2 N–H and O–H groups in total. The summed E-state index contributed by atoms with van der Waals surface area (Å²) < 4.78 is 0. The highest BCUT2D eigenvalue weighted by Crippen LogP contribution is 2.33. The molecule has 1 aliphatic heterocycles. The van der Waals surface area contributed by atoms with E-state index in [-0.39, 0.29) is 0 Å². The number of nitrogens with one attached hydrogen (secondary N) is 1. The summed E-state index contributed by atoms with van der Waals surface area (Å²) in [6.07, 6.45) is 0. The molecule has 0 atom stereocenters. The van der Waals surface area contributed by atoms with Gasteiger partial charge in [-0.25, -0.2) is 0 Å². The van der Waals surface area contributed by atoms with Crippen LogP contribution >= 0.6 is 0 Å². The largest absolute Gasteiger partial charge is 0.507 e. The molecular formula is C11H15NO. The number of aromatic hydroxyl groups is 1. The molecule has 0 bridgehead atoms. The number of phenolic OH excluding ortho intramolecular Hbond substituents is 1. The van der Waals surface area contributed by atoms with Gasteiger partial charge < -0.3 is 10.4 Å². The van der Waals surface area contributed by atoms with Crippen molar-refractivity contribution in [2.24, 2.45) is 0 Å². The molecule has 13 heavy (non-hydrogen) atoms. The van der Waals surface area contributed by atoms with E-state index in [0.717, 1.165) is 24.2 Å². The molecule has 1 saturated heterocycles. The zero-order valence-corrected chi connectivity index (χ0v) is 8.09. The minimum absolute atomic E-state index is 0.492. The summed E-state index contributed by atoms with van der Waals surface area (Å²) in [5.74, 6) is 1.01. The van der Waals surface area contributed by atoms with E-state index in [1.807, 2.05) is 13.0 Å². The monoisotopic (exact) mass is 177 g/mol. The van der Waals surface area contributed by atoms with Gasteiger partial charge in [-0.1, -0.05) is 12.1 Å². The first kappa shape index (κ1) is 8.57. The molecule has 0 spiro atoms. The number of rotatable bonds is 1. The molecule has 1 fully saturated rings. The van der Waals surface area contributed by atoms with Crippen LogP contribution < -0.4 is 5.32 Å². The molecule has 2 heteroatoms. The number of benzene rings is 1. The zero-order valence-electron chi connectivity index (χ0n) is 8.09. The maximum Gasteiger partial charge on any atom is 0.122 e. The molecule has 1 aliphatic rings. The molecule has 0 radical (unpaired) electrons. The SMILES string of the molecule is Cc1ccc(C)c(C2CNC2)c1O. The topological polar surface area (TPSA) is 32.3 Å². The molecular weight excluding hydrogens is 162 g/mol. The van der Waals surface area contributed by atoms with Crippen LogP contribution in [0, 0.1) is 13.8 Å². The van der Waals surface area contributed by atoms with E-state index >= 15 is 0 Å². The van der Waals surface area contributed by atoms with Crippen LogP contribution in [0.25, 0.3) is 0 Å². The quantitative estimate of drug-likeness (QED) is 0.684. The van der Waals surface area contributed by atoms with Gasteiger partial charge in [0.2, 0.25) is 0 Å². The second-order valence-electron chi connectivity index (χ2n) is 3.82. The Kier molecular flexibility index (Phi) is 2.00. The van der Waals surface area contributed by atoms with Gasteiger partial charge in [0.25, 0.3) is 0 Å². The van der Waals surface area contributed by atoms with Gasteiger partial charge in [0.15, 0.2) is 0 Å². The third kappa shape index (κ3) is 1.31. The Bertz CT molecular complexity index is 329. The Labute approximate surface area is 78.6 Å². The molecule has 2 rings (SSSR count). The minimum atomic E-state index is 0.492. The predicted octanol–water partition coefficient (Wildman–Crippen LogP) is 1.70. The van der Waals surface area contributed by atoms with Gasteiger partial charge in [0.1, 0.15) is 5.75 Å². The summed E-state index contributed by atoms with van der Waals surface area (Å²) in [5.41, 5.74) is 3.32. The predicted molar refractivity (Wildman–Crippen MR) is 53.2 cm³/mol. The molecule has 2 nitrogen and oxygen atoms in total. The molecule has 0 amide bonds. The lowest BCUT2D eigenvalue weighted by Gasteiger charge is -2.29. The maximum atomic E-state index is 9.89. The van der Waals surface area contributed by atoms with E-state index in [1.54, 1.807) is 0 Å². The Morgan fingerprint density at radius 2 is 1.85 bits per heavy atom. The van der Waals surface area contributed by atoms with E-state index in [1.165, 1.54) is 5.56 Å². The highest BCUT2D eigenvalue weighted by Gasteiger charge is 2.24. The van der Waals surface area contributed by atoms with Crippen molar-refractivity contribution < 1.29 is 5.11 Å². The minimum Gasteiger partial charge on any atom is -0.507 e. The van der Waals surface area contributed by atoms with Crippen molar-refractivity contribution in [3.63, 3.8) is 0 Å². The van der Waals surface area contributed by atoms with Crippen LogP contribution in [0.1, 0.15) is 22.6 Å². The van der Waals surface area contributed by atoms with Crippen LogP contribution in [0.2, 0.25) is 0 Å². The summed E-state index contributed by atoms with van der Waals surface area (Å²) in [6, 6.07) is 4.06. The first-order chi connectivity index (χ1) is 6.20. The summed E-state index contributed by atoms with van der Waals surface area (Å²) in [4.78, 5) is 0. The molecule has 70 valence electrons. The first-order valence-corrected chi connectivity index (χ1v) is 4.70. The van der Waals surface area contributed by atoms with Crippen molar-refractivity contribution in [1.82, 2.24) is 5.32 Å². The third-order valence-corrected chi connectivity index (χ3v) is 2.83. The Balaban J connectivity index is 2.46. The fraction of sp³-hybridized carbons (Fsp3) is 0.455. The second kappa shape index (κ2) is 3.04. The molecule has 0 saturated carbocycles. The van der Waals surface area contributed by atoms with Crippen LogP contribution in [-0.2, 0) is 0 Å². The van der Waals surface area contributed by atoms with Gasteiger partial charge in [0.05, 0.1) is 0 Å². The van der Waals surface area contributed by atoms with E-state index < -0.39 is 0 Å². The third-order valence-electron chi connectivity index (χ3n) is 2.83. The lowest BCUT2D eigenvalue weighted by atomic mass is 9.88. The maximum absolute atomic E-state index is 9.89. The van der Waals surface area contributed by atoms with E-state index in [0.29, 0.717) is 11.7 Å². The van der Waals surface area contributed by atoms with Crippen LogP contribution in [0.3, 0.4) is 0 Å². The average Bonchev–Trinajstić information content (AvgIpc) is 2.02. The van der Waals surface area contributed by atoms with Gasteiger partial charge >= 0.3 is 0 Å². The van der Waals surface area contributed by atoms with Gasteiger partial charge in [-0.15, -0.1) is 0 Å². The zero-order chi connectivity index (χ0) is 9.42. The van der Waals surface area contributed by atoms with Crippen molar-refractivity contribution in [1.29, 1.82) is 0 Å². The fourth-order valence-corrected chi connectivity index (χ4v) is 1.83. The smallest absolute Gasteiger partial charge is 0.122 e.